The van der Waals surface area contributed by atoms with Gasteiger partial charge >= 0.3 is 0 Å². The number of aliphatic hydroxyl groups is 1. The molecule has 0 aromatic carbocycles. The van der Waals surface area contributed by atoms with E-state index in [2.05, 4.69) is 0 Å². The first-order valence-electron chi connectivity index (χ1n) is 3.28. The molecule has 0 saturated carbocycles. The van der Waals surface area contributed by atoms with Gasteiger partial charge < -0.3 is 5.11 Å². The number of hydroxylamine groups is 1. The van der Waals surface area contributed by atoms with E-state index in [0.717, 1.165) is 0 Å². The zero-order chi connectivity index (χ0) is 7.98. The van der Waals surface area contributed by atoms with E-state index in [1.54, 1.807) is 6.92 Å². The Hall–Kier alpha value is -0.610. The predicted molar refractivity (Wildman–Crippen MR) is 35.5 cm³/mol. The molecule has 0 saturated heterocycles. The maximum Gasteiger partial charge on any atom is 0.243 e. The van der Waals surface area contributed by atoms with Gasteiger partial charge in [-0.1, -0.05) is 0 Å². The summed E-state index contributed by atoms with van der Waals surface area (Å²) in [5.74, 6) is -0.402. The van der Waals surface area contributed by atoms with Crippen LogP contribution < -0.4 is 5.48 Å². The third-order valence-corrected chi connectivity index (χ3v) is 1.15. The number of hydrogen-bond acceptors (Lipinski definition) is 3. The zero-order valence-electron chi connectivity index (χ0n) is 6.00. The minimum atomic E-state index is -0.402. The van der Waals surface area contributed by atoms with Crippen LogP contribution in [-0.4, -0.2) is 22.3 Å². The molecule has 0 rings (SSSR count). The van der Waals surface area contributed by atoms with E-state index in [9.17, 15) is 4.79 Å². The molecule has 0 aliphatic heterocycles. The summed E-state index contributed by atoms with van der Waals surface area (Å²) in [6.45, 7) is 1.66. The fraction of sp³-hybridized carbons (Fsp3) is 0.833. The second-order valence-corrected chi connectivity index (χ2v) is 2.28. The average Bonchev–Trinajstić information content (AvgIpc) is 1.87. The Bertz CT molecular complexity index is 103. The highest BCUT2D eigenvalue weighted by atomic mass is 16.5. The van der Waals surface area contributed by atoms with E-state index < -0.39 is 5.91 Å². The lowest BCUT2D eigenvalue weighted by molar-refractivity contribution is -0.129. The van der Waals surface area contributed by atoms with E-state index in [1.807, 2.05) is 0 Å². The van der Waals surface area contributed by atoms with Crippen molar-refractivity contribution < 1.29 is 15.1 Å². The highest BCUT2D eigenvalue weighted by Gasteiger charge is 2.00. The summed E-state index contributed by atoms with van der Waals surface area (Å²) < 4.78 is 0. The number of hydrogen-bond donors (Lipinski definition) is 3. The van der Waals surface area contributed by atoms with Crippen molar-refractivity contribution in [3.8, 4) is 0 Å². The molecule has 0 aliphatic rings. The van der Waals surface area contributed by atoms with Gasteiger partial charge in [0.1, 0.15) is 0 Å². The van der Waals surface area contributed by atoms with Crippen molar-refractivity contribution in [1.29, 1.82) is 0 Å². The summed E-state index contributed by atoms with van der Waals surface area (Å²) >= 11 is 0. The molecule has 0 fully saturated rings. The first kappa shape index (κ1) is 9.39. The average molecular weight is 147 g/mol. The molecule has 0 aliphatic carbocycles. The van der Waals surface area contributed by atoms with Crippen LogP contribution in [-0.2, 0) is 4.79 Å². The van der Waals surface area contributed by atoms with Gasteiger partial charge in [0.05, 0.1) is 6.10 Å². The Kier molecular flexibility index (Phi) is 4.88. The van der Waals surface area contributed by atoms with Gasteiger partial charge in [0.15, 0.2) is 0 Å². The minimum absolute atomic E-state index is 0.265. The van der Waals surface area contributed by atoms with Gasteiger partial charge in [-0.15, -0.1) is 0 Å². The number of nitrogens with one attached hydrogen (secondary N) is 1. The maximum absolute atomic E-state index is 10.4. The van der Waals surface area contributed by atoms with Crippen molar-refractivity contribution in [2.24, 2.45) is 0 Å². The van der Waals surface area contributed by atoms with Gasteiger partial charge in [0.2, 0.25) is 5.91 Å². The molecule has 0 aromatic heterocycles. The molecule has 1 unspecified atom stereocenters. The van der Waals surface area contributed by atoms with Crippen LogP contribution >= 0.6 is 0 Å². The highest BCUT2D eigenvalue weighted by Crippen LogP contribution is 1.98. The van der Waals surface area contributed by atoms with Crippen molar-refractivity contribution in [2.75, 3.05) is 0 Å². The SMILES string of the molecule is CC(O)CCCC(=O)NO. The molecule has 10 heavy (non-hydrogen) atoms. The normalized spacial score (nSPS) is 12.7. The molecule has 1 atom stereocenters. The Morgan fingerprint density at radius 3 is 2.70 bits per heavy atom. The molecule has 0 radical (unpaired) electrons. The van der Waals surface area contributed by atoms with Gasteiger partial charge in [-0.2, -0.15) is 0 Å². The molecule has 60 valence electrons. The Morgan fingerprint density at radius 1 is 1.70 bits per heavy atom. The molecule has 3 N–H and O–H groups in total. The van der Waals surface area contributed by atoms with Crippen molar-refractivity contribution in [3.63, 3.8) is 0 Å². The van der Waals surface area contributed by atoms with E-state index in [1.165, 1.54) is 5.48 Å². The molecular formula is C6H13NO3. The molecule has 4 nitrogen and oxygen atoms in total. The second kappa shape index (κ2) is 5.20. The fourth-order valence-electron chi connectivity index (χ4n) is 0.614. The van der Waals surface area contributed by atoms with E-state index in [4.69, 9.17) is 10.3 Å². The van der Waals surface area contributed by atoms with Gasteiger partial charge in [-0.05, 0) is 19.8 Å². The van der Waals surface area contributed by atoms with Gasteiger partial charge in [-0.3, -0.25) is 10.0 Å². The molecule has 4 heteroatoms. The van der Waals surface area contributed by atoms with E-state index >= 15 is 0 Å². The third kappa shape index (κ3) is 5.53. The maximum atomic E-state index is 10.4. The second-order valence-electron chi connectivity index (χ2n) is 2.28. The quantitative estimate of drug-likeness (QED) is 0.388. The lowest BCUT2D eigenvalue weighted by atomic mass is 10.2. The van der Waals surface area contributed by atoms with Crippen LogP contribution in [0.1, 0.15) is 26.2 Å². The Balaban J connectivity index is 3.12. The first-order chi connectivity index (χ1) is 4.66. The molecule has 0 aromatic rings. The van der Waals surface area contributed by atoms with Crippen molar-refractivity contribution in [2.45, 2.75) is 32.3 Å². The van der Waals surface area contributed by atoms with Crippen LogP contribution in [0.15, 0.2) is 0 Å². The summed E-state index contributed by atoms with van der Waals surface area (Å²) in [5, 5.41) is 16.8. The zero-order valence-corrected chi connectivity index (χ0v) is 6.00. The summed E-state index contributed by atoms with van der Waals surface area (Å²) in [6.07, 6.45) is 1.09. The molecular weight excluding hydrogens is 134 g/mol. The largest absolute Gasteiger partial charge is 0.393 e. The molecule has 0 bridgehead atoms. The molecule has 0 spiro atoms. The standard InChI is InChI=1S/C6H13NO3/c1-5(8)3-2-4-6(9)7-10/h5,8,10H,2-4H2,1H3,(H,7,9). The van der Waals surface area contributed by atoms with Crippen LogP contribution in [0.5, 0.6) is 0 Å². The highest BCUT2D eigenvalue weighted by molar-refractivity contribution is 5.74. The van der Waals surface area contributed by atoms with E-state index in [0.29, 0.717) is 12.8 Å². The van der Waals surface area contributed by atoms with E-state index in [-0.39, 0.29) is 12.5 Å². The number of rotatable bonds is 4. The summed E-state index contributed by atoms with van der Waals surface area (Å²) in [5.41, 5.74) is 1.52. The van der Waals surface area contributed by atoms with Crippen molar-refractivity contribution >= 4 is 5.91 Å². The lowest BCUT2D eigenvalue weighted by Crippen LogP contribution is -2.18. The Labute approximate surface area is 59.8 Å². The number of amides is 1. The van der Waals surface area contributed by atoms with Crippen LogP contribution in [0, 0.1) is 0 Å². The fourth-order valence-corrected chi connectivity index (χ4v) is 0.614. The number of carbonyl (C=O) groups excluding carboxylic acids is 1. The summed E-state index contributed by atoms with van der Waals surface area (Å²) in [7, 11) is 0. The van der Waals surface area contributed by atoms with Gasteiger partial charge in [-0.25, -0.2) is 5.48 Å². The number of aliphatic hydroxyl groups excluding tert-OH is 1. The predicted octanol–water partition coefficient (Wildman–Crippen LogP) is 0.0429. The van der Waals surface area contributed by atoms with Gasteiger partial charge in [0, 0.05) is 6.42 Å². The van der Waals surface area contributed by atoms with Crippen LogP contribution in [0.3, 0.4) is 0 Å². The molecule has 0 heterocycles. The van der Waals surface area contributed by atoms with Crippen molar-refractivity contribution in [3.05, 3.63) is 0 Å². The monoisotopic (exact) mass is 147 g/mol. The summed E-state index contributed by atoms with van der Waals surface area (Å²) in [6, 6.07) is 0. The Morgan fingerprint density at radius 2 is 2.30 bits per heavy atom. The van der Waals surface area contributed by atoms with Crippen molar-refractivity contribution in [1.82, 2.24) is 5.48 Å². The van der Waals surface area contributed by atoms with Crippen LogP contribution in [0.2, 0.25) is 0 Å². The van der Waals surface area contributed by atoms with Crippen LogP contribution in [0.4, 0.5) is 0 Å². The first-order valence-corrected chi connectivity index (χ1v) is 3.28. The number of carbonyl (C=O) groups is 1. The lowest BCUT2D eigenvalue weighted by Gasteiger charge is -2.01. The smallest absolute Gasteiger partial charge is 0.243 e. The summed E-state index contributed by atoms with van der Waals surface area (Å²) in [4.78, 5) is 10.4. The van der Waals surface area contributed by atoms with Crippen LogP contribution in [0.25, 0.3) is 0 Å². The molecule has 1 amide bonds. The minimum Gasteiger partial charge on any atom is -0.393 e. The third-order valence-electron chi connectivity index (χ3n) is 1.15. The topological polar surface area (TPSA) is 69.6 Å². The van der Waals surface area contributed by atoms with Gasteiger partial charge in [0.25, 0.3) is 0 Å².